The van der Waals surface area contributed by atoms with E-state index in [0.29, 0.717) is 12.6 Å². The Morgan fingerprint density at radius 2 is 1.79 bits per heavy atom. The van der Waals surface area contributed by atoms with Crippen molar-refractivity contribution in [3.05, 3.63) is 65.7 Å². The van der Waals surface area contributed by atoms with Gasteiger partial charge in [0.05, 0.1) is 12.3 Å². The lowest BCUT2D eigenvalue weighted by Crippen LogP contribution is -2.44. The van der Waals surface area contributed by atoms with E-state index in [1.54, 1.807) is 0 Å². The number of hydrogen-bond donors (Lipinski definition) is 2. The maximum absolute atomic E-state index is 11.4. The molecule has 0 saturated carbocycles. The van der Waals surface area contributed by atoms with Crippen LogP contribution < -0.4 is 15.5 Å². The van der Waals surface area contributed by atoms with Gasteiger partial charge in [0.2, 0.25) is 0 Å². The highest BCUT2D eigenvalue weighted by Gasteiger charge is 2.23. The Bertz CT molecular complexity index is 912. The van der Waals surface area contributed by atoms with E-state index in [-0.39, 0.29) is 5.75 Å². The molecule has 2 aromatic carbocycles. The second-order valence-corrected chi connectivity index (χ2v) is 9.63. The molecule has 7 heteroatoms. The van der Waals surface area contributed by atoms with Crippen LogP contribution in [0.2, 0.25) is 0 Å². The first-order valence-corrected chi connectivity index (χ1v) is 12.1. The highest BCUT2D eigenvalue weighted by Crippen LogP contribution is 2.19. The van der Waals surface area contributed by atoms with Gasteiger partial charge >= 0.3 is 0 Å². The van der Waals surface area contributed by atoms with Crippen molar-refractivity contribution in [2.75, 3.05) is 30.8 Å². The van der Waals surface area contributed by atoms with E-state index in [1.165, 1.54) is 11.9 Å². The zero-order chi connectivity index (χ0) is 20.7. The van der Waals surface area contributed by atoms with Gasteiger partial charge in [0.25, 0.3) is 0 Å². The number of anilines is 1. The summed E-state index contributed by atoms with van der Waals surface area (Å²) in [6, 6.07) is 18.4. The van der Waals surface area contributed by atoms with Crippen LogP contribution in [0.5, 0.6) is 0 Å². The van der Waals surface area contributed by atoms with Crippen molar-refractivity contribution in [1.82, 2.24) is 10.6 Å². The van der Waals surface area contributed by atoms with Crippen LogP contribution in [0.15, 0.2) is 59.6 Å². The summed E-state index contributed by atoms with van der Waals surface area (Å²) in [5, 5.41) is 6.87. The smallest absolute Gasteiger partial charge is 0.191 e. The lowest BCUT2D eigenvalue weighted by Gasteiger charge is -2.20. The van der Waals surface area contributed by atoms with Crippen LogP contribution in [0.1, 0.15) is 24.5 Å². The number of guanidine groups is 1. The van der Waals surface area contributed by atoms with Crippen molar-refractivity contribution >= 4 is 21.5 Å². The SMILES string of the molecule is CCNC(=NCc1ccc(CS(C)(=O)=O)cc1)NC1CCN(c2ccccc2)C1. The van der Waals surface area contributed by atoms with Gasteiger partial charge < -0.3 is 15.5 Å². The number of hydrogen-bond acceptors (Lipinski definition) is 4. The fourth-order valence-electron chi connectivity index (χ4n) is 3.48. The molecule has 0 radical (unpaired) electrons. The molecule has 1 fully saturated rings. The van der Waals surface area contributed by atoms with Gasteiger partial charge in [0.15, 0.2) is 15.8 Å². The first kappa shape index (κ1) is 21.2. The predicted octanol–water partition coefficient (Wildman–Crippen LogP) is 2.57. The fourth-order valence-corrected chi connectivity index (χ4v) is 4.28. The number of benzene rings is 2. The molecular weight excluding hydrogens is 384 g/mol. The van der Waals surface area contributed by atoms with Gasteiger partial charge in [-0.05, 0) is 36.6 Å². The topological polar surface area (TPSA) is 73.8 Å². The number of para-hydroxylation sites is 1. The molecule has 1 atom stereocenters. The predicted molar refractivity (Wildman–Crippen MR) is 120 cm³/mol. The van der Waals surface area contributed by atoms with Crippen LogP contribution in [-0.4, -0.2) is 46.3 Å². The summed E-state index contributed by atoms with van der Waals surface area (Å²) < 4.78 is 22.8. The van der Waals surface area contributed by atoms with E-state index in [0.717, 1.165) is 43.1 Å². The van der Waals surface area contributed by atoms with Gasteiger partial charge in [0, 0.05) is 37.6 Å². The summed E-state index contributed by atoms with van der Waals surface area (Å²) >= 11 is 0. The lowest BCUT2D eigenvalue weighted by atomic mass is 10.1. The third-order valence-corrected chi connectivity index (χ3v) is 5.72. The third kappa shape index (κ3) is 6.78. The molecule has 6 nitrogen and oxygen atoms in total. The van der Waals surface area contributed by atoms with Gasteiger partial charge in [-0.15, -0.1) is 0 Å². The summed E-state index contributed by atoms with van der Waals surface area (Å²) in [4.78, 5) is 7.10. The number of nitrogens with one attached hydrogen (secondary N) is 2. The summed E-state index contributed by atoms with van der Waals surface area (Å²) in [6.45, 7) is 5.39. The van der Waals surface area contributed by atoms with E-state index in [9.17, 15) is 8.42 Å². The van der Waals surface area contributed by atoms with E-state index in [1.807, 2.05) is 30.3 Å². The van der Waals surface area contributed by atoms with Crippen molar-refractivity contribution in [1.29, 1.82) is 0 Å². The van der Waals surface area contributed by atoms with E-state index < -0.39 is 9.84 Å². The highest BCUT2D eigenvalue weighted by atomic mass is 32.2. The largest absolute Gasteiger partial charge is 0.369 e. The standard InChI is InChI=1S/C22H30N4O2S/c1-3-23-22(24-15-18-9-11-19(12-10-18)17-29(2,27)28)25-20-13-14-26(16-20)21-7-5-4-6-8-21/h4-12,20H,3,13-17H2,1-2H3,(H2,23,24,25). The molecule has 1 aliphatic rings. The number of rotatable bonds is 7. The fraction of sp³-hybridized carbons (Fsp3) is 0.409. The Morgan fingerprint density at radius 1 is 1.10 bits per heavy atom. The molecule has 3 rings (SSSR count). The van der Waals surface area contributed by atoms with Crippen molar-refractivity contribution in [3.63, 3.8) is 0 Å². The van der Waals surface area contributed by atoms with Crippen LogP contribution in [0, 0.1) is 0 Å². The maximum atomic E-state index is 11.4. The van der Waals surface area contributed by atoms with E-state index >= 15 is 0 Å². The van der Waals surface area contributed by atoms with Gasteiger partial charge in [-0.3, -0.25) is 0 Å². The Balaban J connectivity index is 1.57. The Hall–Kier alpha value is -2.54. The minimum absolute atomic E-state index is 0.0698. The van der Waals surface area contributed by atoms with Crippen LogP contribution in [0.4, 0.5) is 5.69 Å². The van der Waals surface area contributed by atoms with E-state index in [4.69, 9.17) is 4.99 Å². The van der Waals surface area contributed by atoms with Crippen LogP contribution >= 0.6 is 0 Å². The van der Waals surface area contributed by atoms with Gasteiger partial charge in [0.1, 0.15) is 0 Å². The minimum Gasteiger partial charge on any atom is -0.369 e. The molecule has 0 amide bonds. The zero-order valence-corrected chi connectivity index (χ0v) is 18.0. The molecule has 1 unspecified atom stereocenters. The van der Waals surface area contributed by atoms with Crippen molar-refractivity contribution in [2.24, 2.45) is 4.99 Å². The molecule has 0 aromatic heterocycles. The van der Waals surface area contributed by atoms with Gasteiger partial charge in [-0.25, -0.2) is 13.4 Å². The Labute approximate surface area is 174 Å². The molecule has 0 spiro atoms. The number of nitrogens with zero attached hydrogens (tertiary/aromatic N) is 2. The van der Waals surface area contributed by atoms with E-state index in [2.05, 4.69) is 46.7 Å². The second kappa shape index (κ2) is 9.78. The molecule has 2 N–H and O–H groups in total. The summed E-state index contributed by atoms with van der Waals surface area (Å²) in [6.07, 6.45) is 2.32. The number of sulfone groups is 1. The van der Waals surface area contributed by atoms with Gasteiger partial charge in [-0.2, -0.15) is 0 Å². The summed E-state index contributed by atoms with van der Waals surface area (Å²) in [5.74, 6) is 0.882. The molecule has 1 saturated heterocycles. The average molecular weight is 415 g/mol. The number of aliphatic imine (C=N–C) groups is 1. The molecular formula is C22H30N4O2S. The molecule has 0 aliphatic carbocycles. The molecule has 29 heavy (non-hydrogen) atoms. The molecule has 2 aromatic rings. The van der Waals surface area contributed by atoms with Crippen LogP contribution in [0.25, 0.3) is 0 Å². The third-order valence-electron chi connectivity index (χ3n) is 4.87. The normalized spacial score (nSPS) is 17.4. The van der Waals surface area contributed by atoms with Crippen LogP contribution in [0.3, 0.4) is 0 Å². The zero-order valence-electron chi connectivity index (χ0n) is 17.1. The Kier molecular flexibility index (Phi) is 7.14. The first-order chi connectivity index (χ1) is 13.9. The molecule has 0 bridgehead atoms. The molecule has 1 heterocycles. The quantitative estimate of drug-likeness (QED) is 0.538. The maximum Gasteiger partial charge on any atom is 0.191 e. The molecule has 156 valence electrons. The summed E-state index contributed by atoms with van der Waals surface area (Å²) in [7, 11) is -3.01. The minimum atomic E-state index is -3.01. The first-order valence-electron chi connectivity index (χ1n) is 10.0. The monoisotopic (exact) mass is 414 g/mol. The van der Waals surface area contributed by atoms with Crippen LogP contribution in [-0.2, 0) is 22.1 Å². The lowest BCUT2D eigenvalue weighted by molar-refractivity contribution is 0.601. The van der Waals surface area contributed by atoms with Crippen molar-refractivity contribution < 1.29 is 8.42 Å². The Morgan fingerprint density at radius 3 is 2.45 bits per heavy atom. The van der Waals surface area contributed by atoms with Crippen molar-refractivity contribution in [2.45, 2.75) is 31.7 Å². The summed E-state index contributed by atoms with van der Waals surface area (Å²) in [5.41, 5.74) is 3.11. The molecule has 1 aliphatic heterocycles. The highest BCUT2D eigenvalue weighted by molar-refractivity contribution is 7.89. The second-order valence-electron chi connectivity index (χ2n) is 7.49. The van der Waals surface area contributed by atoms with Gasteiger partial charge in [-0.1, -0.05) is 42.5 Å². The average Bonchev–Trinajstić information content (AvgIpc) is 3.15. The van der Waals surface area contributed by atoms with Crippen molar-refractivity contribution in [3.8, 4) is 0 Å².